The van der Waals surface area contributed by atoms with Crippen molar-refractivity contribution in [3.63, 3.8) is 0 Å². The van der Waals surface area contributed by atoms with E-state index < -0.39 is 5.92 Å². The molecule has 1 fully saturated rings. The molecule has 0 radical (unpaired) electrons. The van der Waals surface area contributed by atoms with Crippen LogP contribution in [-0.2, 0) is 6.54 Å². The van der Waals surface area contributed by atoms with E-state index in [1.54, 1.807) is 13.2 Å². The summed E-state index contributed by atoms with van der Waals surface area (Å²) in [4.78, 5) is 19.7. The molecular weight excluding hydrogens is 370 g/mol. The number of aromatic nitrogens is 3. The van der Waals surface area contributed by atoms with Crippen molar-refractivity contribution in [2.75, 3.05) is 7.11 Å². The number of halogens is 2. The van der Waals surface area contributed by atoms with Crippen LogP contribution < -0.4 is 10.1 Å². The molecule has 1 aliphatic rings. The van der Waals surface area contributed by atoms with Gasteiger partial charge in [0.2, 0.25) is 11.8 Å². The fraction of sp³-hybridized carbons (Fsp3) is 0.421. The van der Waals surface area contributed by atoms with Crippen LogP contribution in [0, 0.1) is 0 Å². The highest BCUT2D eigenvalue weighted by atomic mass is 19.3. The van der Waals surface area contributed by atoms with Gasteiger partial charge in [-0.3, -0.25) is 4.79 Å². The van der Waals surface area contributed by atoms with Crippen LogP contribution in [0.1, 0.15) is 53.8 Å². The van der Waals surface area contributed by atoms with Crippen molar-refractivity contribution in [2.24, 2.45) is 0 Å². The number of hydrogen-bond donors (Lipinski definition) is 2. The highest BCUT2D eigenvalue weighted by Gasteiger charge is 2.36. The molecule has 0 saturated heterocycles. The van der Waals surface area contributed by atoms with Gasteiger partial charge >= 0.3 is 0 Å². The number of nitrogens with one attached hydrogen (secondary N) is 2. The number of aromatic amines is 1. The minimum absolute atomic E-state index is 0.0629. The van der Waals surface area contributed by atoms with Gasteiger partial charge in [0.05, 0.1) is 13.7 Å². The van der Waals surface area contributed by atoms with Crippen LogP contribution in [0.2, 0.25) is 0 Å². The topological polar surface area (TPSA) is 93.0 Å². The Morgan fingerprint density at radius 1 is 1.36 bits per heavy atom. The first kappa shape index (κ1) is 18.4. The van der Waals surface area contributed by atoms with Crippen molar-refractivity contribution < 1.29 is 22.8 Å². The zero-order chi connectivity index (χ0) is 19.7. The van der Waals surface area contributed by atoms with Crippen LogP contribution in [0.5, 0.6) is 5.75 Å². The van der Waals surface area contributed by atoms with Gasteiger partial charge in [0.15, 0.2) is 5.82 Å². The maximum Gasteiger partial charge on any atom is 0.268 e. The van der Waals surface area contributed by atoms with Crippen molar-refractivity contribution in [1.29, 1.82) is 0 Å². The monoisotopic (exact) mass is 390 g/mol. The summed E-state index contributed by atoms with van der Waals surface area (Å²) < 4.78 is 36.9. The molecule has 1 aromatic carbocycles. The first-order valence-electron chi connectivity index (χ1n) is 9.09. The van der Waals surface area contributed by atoms with E-state index in [4.69, 9.17) is 9.26 Å². The Bertz CT molecular complexity index is 988. The van der Waals surface area contributed by atoms with Crippen LogP contribution in [0.25, 0.3) is 10.9 Å². The minimum atomic E-state index is -2.60. The molecule has 3 aromatic rings. The molecule has 7 nitrogen and oxygen atoms in total. The van der Waals surface area contributed by atoms with Crippen molar-refractivity contribution in [2.45, 2.75) is 44.1 Å². The summed E-state index contributed by atoms with van der Waals surface area (Å²) in [5.41, 5.74) is 1.19. The lowest BCUT2D eigenvalue weighted by atomic mass is 9.86. The van der Waals surface area contributed by atoms with E-state index in [1.807, 2.05) is 18.2 Å². The molecular formula is C19H20F2N4O3. The minimum Gasteiger partial charge on any atom is -0.497 e. The number of rotatable bonds is 5. The van der Waals surface area contributed by atoms with Crippen LogP contribution >= 0.6 is 0 Å². The van der Waals surface area contributed by atoms with Gasteiger partial charge in [-0.1, -0.05) is 5.16 Å². The lowest BCUT2D eigenvalue weighted by Crippen LogP contribution is -2.24. The third kappa shape index (κ3) is 3.83. The number of benzene rings is 1. The quantitative estimate of drug-likeness (QED) is 0.692. The number of methoxy groups -OCH3 is 1. The summed E-state index contributed by atoms with van der Waals surface area (Å²) >= 11 is 0. The Hall–Kier alpha value is -2.97. The average molecular weight is 390 g/mol. The Kier molecular flexibility index (Phi) is 4.74. The summed E-state index contributed by atoms with van der Waals surface area (Å²) in [7, 11) is 1.58. The second kappa shape index (κ2) is 7.21. The molecule has 1 amide bonds. The van der Waals surface area contributed by atoms with Gasteiger partial charge < -0.3 is 19.6 Å². The maximum atomic E-state index is 13.3. The van der Waals surface area contributed by atoms with Crippen LogP contribution in [-0.4, -0.2) is 34.1 Å². The fourth-order valence-electron chi connectivity index (χ4n) is 3.41. The van der Waals surface area contributed by atoms with Gasteiger partial charge in [0, 0.05) is 35.7 Å². The number of hydrogen-bond acceptors (Lipinski definition) is 5. The molecule has 0 bridgehead atoms. The SMILES string of the molecule is COc1ccc2cc(C(=O)NCc3nc(C4CCC(F)(F)CC4)no3)[nH]c2c1. The second-order valence-electron chi connectivity index (χ2n) is 7.00. The Labute approximate surface area is 159 Å². The zero-order valence-corrected chi connectivity index (χ0v) is 15.3. The maximum absolute atomic E-state index is 13.3. The van der Waals surface area contributed by atoms with Gasteiger partial charge in [-0.25, -0.2) is 8.78 Å². The van der Waals surface area contributed by atoms with Gasteiger partial charge in [-0.15, -0.1) is 0 Å². The first-order valence-corrected chi connectivity index (χ1v) is 9.09. The van der Waals surface area contributed by atoms with E-state index in [0.717, 1.165) is 10.9 Å². The highest BCUT2D eigenvalue weighted by Crippen LogP contribution is 2.39. The van der Waals surface area contributed by atoms with E-state index in [9.17, 15) is 13.6 Å². The largest absolute Gasteiger partial charge is 0.497 e. The Morgan fingerprint density at radius 3 is 2.89 bits per heavy atom. The van der Waals surface area contributed by atoms with Gasteiger partial charge in [0.1, 0.15) is 11.4 Å². The summed E-state index contributed by atoms with van der Waals surface area (Å²) in [5, 5.41) is 7.49. The third-order valence-corrected chi connectivity index (χ3v) is 5.04. The molecule has 2 N–H and O–H groups in total. The summed E-state index contributed by atoms with van der Waals surface area (Å²) in [6.07, 6.45) is 0.334. The van der Waals surface area contributed by atoms with E-state index in [0.29, 0.717) is 30.1 Å². The molecule has 2 aromatic heterocycles. The molecule has 9 heteroatoms. The van der Waals surface area contributed by atoms with Crippen molar-refractivity contribution >= 4 is 16.8 Å². The number of amides is 1. The second-order valence-corrected chi connectivity index (χ2v) is 7.00. The fourth-order valence-corrected chi connectivity index (χ4v) is 3.41. The molecule has 1 saturated carbocycles. The smallest absolute Gasteiger partial charge is 0.268 e. The van der Waals surface area contributed by atoms with Gasteiger partial charge in [-0.05, 0) is 31.0 Å². The number of fused-ring (bicyclic) bond motifs is 1. The molecule has 0 aliphatic heterocycles. The standard InChI is InChI=1S/C19H20F2N4O3/c1-27-13-3-2-12-8-15(23-14(12)9-13)18(26)22-10-16-24-17(25-28-16)11-4-6-19(20,21)7-5-11/h2-3,8-9,11,23H,4-7,10H2,1H3,(H,22,26). The lowest BCUT2D eigenvalue weighted by molar-refractivity contribution is -0.0389. The number of H-pyrrole nitrogens is 1. The number of nitrogens with zero attached hydrogens (tertiary/aromatic N) is 2. The molecule has 28 heavy (non-hydrogen) atoms. The number of carbonyl (C=O) groups excluding carboxylic acids is 1. The number of ether oxygens (including phenoxy) is 1. The molecule has 0 atom stereocenters. The highest BCUT2D eigenvalue weighted by molar-refractivity contribution is 5.98. The van der Waals surface area contributed by atoms with Crippen molar-refractivity contribution in [1.82, 2.24) is 20.4 Å². The molecule has 148 valence electrons. The average Bonchev–Trinajstić information content (AvgIpc) is 3.32. The summed E-state index contributed by atoms with van der Waals surface area (Å²) in [5.74, 6) is -1.67. The molecule has 0 spiro atoms. The van der Waals surface area contributed by atoms with Crippen LogP contribution in [0.15, 0.2) is 28.8 Å². The normalized spacial score (nSPS) is 17.0. The zero-order valence-electron chi connectivity index (χ0n) is 15.3. The van der Waals surface area contributed by atoms with Gasteiger partial charge in [0.25, 0.3) is 5.91 Å². The van der Waals surface area contributed by atoms with Crippen molar-refractivity contribution in [3.05, 3.63) is 41.7 Å². The van der Waals surface area contributed by atoms with E-state index in [2.05, 4.69) is 20.4 Å². The van der Waals surface area contributed by atoms with E-state index >= 15 is 0 Å². The molecule has 1 aliphatic carbocycles. The first-order chi connectivity index (χ1) is 13.4. The van der Waals surface area contributed by atoms with E-state index in [1.165, 1.54) is 0 Å². The lowest BCUT2D eigenvalue weighted by Gasteiger charge is -2.26. The predicted octanol–water partition coefficient (Wildman–Crippen LogP) is 3.78. The van der Waals surface area contributed by atoms with E-state index in [-0.39, 0.29) is 37.1 Å². The summed E-state index contributed by atoms with van der Waals surface area (Å²) in [6, 6.07) is 7.23. The number of carbonyl (C=O) groups is 1. The van der Waals surface area contributed by atoms with Crippen LogP contribution in [0.4, 0.5) is 8.78 Å². The Balaban J connectivity index is 1.37. The summed E-state index contributed by atoms with van der Waals surface area (Å²) in [6.45, 7) is 0.0629. The van der Waals surface area contributed by atoms with Crippen molar-refractivity contribution in [3.8, 4) is 5.75 Å². The Morgan fingerprint density at radius 2 is 2.14 bits per heavy atom. The molecule has 4 rings (SSSR count). The van der Waals surface area contributed by atoms with Gasteiger partial charge in [-0.2, -0.15) is 4.98 Å². The predicted molar refractivity (Wildman–Crippen MR) is 96.5 cm³/mol. The molecule has 2 heterocycles. The van der Waals surface area contributed by atoms with Crippen LogP contribution in [0.3, 0.4) is 0 Å². The number of alkyl halides is 2. The molecule has 0 unspecified atom stereocenters. The third-order valence-electron chi connectivity index (χ3n) is 5.04.